The summed E-state index contributed by atoms with van der Waals surface area (Å²) in [5, 5.41) is 14.9. The van der Waals surface area contributed by atoms with Crippen molar-refractivity contribution >= 4 is 53.8 Å². The molecule has 47 heavy (non-hydrogen) atoms. The summed E-state index contributed by atoms with van der Waals surface area (Å²) >= 11 is 1.51. The van der Waals surface area contributed by atoms with E-state index < -0.39 is 41.8 Å². The summed E-state index contributed by atoms with van der Waals surface area (Å²) in [4.78, 5) is 65.3. The van der Waals surface area contributed by atoms with Crippen molar-refractivity contribution in [2.75, 3.05) is 32.2 Å². The number of ether oxygens (including phenoxy) is 1. The lowest BCUT2D eigenvalue weighted by atomic mass is 9.84. The van der Waals surface area contributed by atoms with Gasteiger partial charge in [-0.2, -0.15) is 11.8 Å². The molecule has 268 valence electrons. The molecule has 1 aliphatic rings. The first-order valence-corrected chi connectivity index (χ1v) is 17.2. The molecule has 1 aromatic carbocycles. The van der Waals surface area contributed by atoms with Gasteiger partial charge < -0.3 is 42.3 Å². The van der Waals surface area contributed by atoms with Crippen LogP contribution in [0.1, 0.15) is 76.2 Å². The molecule has 0 bridgehead atoms. The quantitative estimate of drug-likeness (QED) is 0.0980. The highest BCUT2D eigenvalue weighted by Gasteiger charge is 2.32. The summed E-state index contributed by atoms with van der Waals surface area (Å²) in [5.74, 6) is -1.37. The SMILES string of the molecule is COC(=O)CCCCCN(C(=O)CNC(=O)[C@@H](CCSC)NC(=O)[C@@H](N)Cc1ccc(O)cc1)[C@@H](CC1CCCCC1)C(N)=O.Cl.O. The average Bonchev–Trinajstić information content (AvgIpc) is 3.03. The summed E-state index contributed by atoms with van der Waals surface area (Å²) in [7, 11) is 1.34. The van der Waals surface area contributed by atoms with E-state index in [2.05, 4.69) is 15.4 Å². The molecule has 0 spiro atoms. The zero-order valence-electron chi connectivity index (χ0n) is 27.5. The summed E-state index contributed by atoms with van der Waals surface area (Å²) in [6.07, 6.45) is 10.2. The number of nitrogens with zero attached hydrogens (tertiary/aromatic N) is 1. The second-order valence-electron chi connectivity index (χ2n) is 11.7. The van der Waals surface area contributed by atoms with E-state index in [-0.39, 0.29) is 61.5 Å². The topological polar surface area (TPSA) is 226 Å². The lowest BCUT2D eigenvalue weighted by molar-refractivity contribution is -0.141. The van der Waals surface area contributed by atoms with Gasteiger partial charge in [0, 0.05) is 13.0 Å². The minimum absolute atomic E-state index is 0. The Balaban J connectivity index is 0.0000106. The first-order chi connectivity index (χ1) is 21.5. The second kappa shape index (κ2) is 24.1. The Bertz CT molecular complexity index is 1110. The van der Waals surface area contributed by atoms with Gasteiger partial charge in [-0.3, -0.25) is 24.0 Å². The number of aromatic hydroxyl groups is 1. The van der Waals surface area contributed by atoms with Crippen LogP contribution in [0.25, 0.3) is 0 Å². The van der Waals surface area contributed by atoms with E-state index in [0.717, 1.165) is 37.7 Å². The number of esters is 1. The number of primary amides is 1. The zero-order valence-corrected chi connectivity index (χ0v) is 29.2. The zero-order chi connectivity index (χ0) is 33.2. The predicted octanol–water partition coefficient (Wildman–Crippen LogP) is 1.60. The molecule has 15 heteroatoms. The molecule has 0 heterocycles. The number of methoxy groups -OCH3 is 1. The van der Waals surface area contributed by atoms with Crippen molar-refractivity contribution in [3.8, 4) is 5.75 Å². The van der Waals surface area contributed by atoms with E-state index >= 15 is 0 Å². The third-order valence-electron chi connectivity index (χ3n) is 8.20. The summed E-state index contributed by atoms with van der Waals surface area (Å²) in [5.41, 5.74) is 12.7. The molecule has 0 radical (unpaired) electrons. The predicted molar refractivity (Wildman–Crippen MR) is 185 cm³/mol. The van der Waals surface area contributed by atoms with Crippen molar-refractivity contribution in [3.63, 3.8) is 0 Å². The summed E-state index contributed by atoms with van der Waals surface area (Å²) < 4.78 is 4.69. The van der Waals surface area contributed by atoms with Crippen LogP contribution in [0.2, 0.25) is 0 Å². The highest BCUT2D eigenvalue weighted by Crippen LogP contribution is 2.29. The molecule has 0 aliphatic heterocycles. The second-order valence-corrected chi connectivity index (χ2v) is 12.7. The van der Waals surface area contributed by atoms with Crippen LogP contribution in [0.3, 0.4) is 0 Å². The number of thioether (sulfide) groups is 1. The molecule has 2 rings (SSSR count). The minimum Gasteiger partial charge on any atom is -0.508 e. The smallest absolute Gasteiger partial charge is 0.305 e. The molecule has 1 fully saturated rings. The van der Waals surface area contributed by atoms with E-state index in [1.807, 2.05) is 6.26 Å². The molecular formula is C32H54ClN5O8S. The molecule has 1 saturated carbocycles. The molecule has 0 saturated heterocycles. The number of halogens is 1. The summed E-state index contributed by atoms with van der Waals surface area (Å²) in [6.45, 7) is -0.102. The minimum atomic E-state index is -0.924. The molecule has 0 unspecified atom stereocenters. The molecule has 4 amide bonds. The van der Waals surface area contributed by atoms with Gasteiger partial charge in [-0.15, -0.1) is 12.4 Å². The molecule has 1 aliphatic carbocycles. The largest absolute Gasteiger partial charge is 0.508 e. The van der Waals surface area contributed by atoms with E-state index in [0.29, 0.717) is 37.9 Å². The van der Waals surface area contributed by atoms with Crippen LogP contribution in [0.15, 0.2) is 24.3 Å². The van der Waals surface area contributed by atoms with Crippen molar-refractivity contribution < 1.29 is 39.3 Å². The van der Waals surface area contributed by atoms with Crippen LogP contribution in [0.4, 0.5) is 0 Å². The van der Waals surface area contributed by atoms with Gasteiger partial charge in [0.05, 0.1) is 19.7 Å². The van der Waals surface area contributed by atoms with Crippen LogP contribution in [0, 0.1) is 5.92 Å². The number of nitrogens with one attached hydrogen (secondary N) is 2. The van der Waals surface area contributed by atoms with Crippen molar-refractivity contribution in [3.05, 3.63) is 29.8 Å². The van der Waals surface area contributed by atoms with Crippen LogP contribution >= 0.6 is 24.2 Å². The fraction of sp³-hybridized carbons (Fsp3) is 0.656. The molecule has 9 N–H and O–H groups in total. The number of carbonyl (C=O) groups excluding carboxylic acids is 5. The Hall–Kier alpha value is -3.07. The Kier molecular flexibility index (Phi) is 22.6. The maximum Gasteiger partial charge on any atom is 0.305 e. The highest BCUT2D eigenvalue weighted by molar-refractivity contribution is 7.98. The van der Waals surface area contributed by atoms with Crippen LogP contribution in [-0.4, -0.2) is 95.4 Å². The Labute approximate surface area is 288 Å². The third-order valence-corrected chi connectivity index (χ3v) is 8.84. The van der Waals surface area contributed by atoms with Gasteiger partial charge in [-0.05, 0) is 67.7 Å². The Morgan fingerprint density at radius 3 is 2.30 bits per heavy atom. The first kappa shape index (κ1) is 43.9. The molecule has 3 atom stereocenters. The van der Waals surface area contributed by atoms with Gasteiger partial charge in [0.1, 0.15) is 17.8 Å². The number of amides is 4. The number of phenolic OH excluding ortho intramolecular Hbond substituents is 1. The van der Waals surface area contributed by atoms with E-state index in [4.69, 9.17) is 11.5 Å². The average molecular weight is 704 g/mol. The van der Waals surface area contributed by atoms with Gasteiger partial charge >= 0.3 is 5.97 Å². The van der Waals surface area contributed by atoms with Crippen LogP contribution < -0.4 is 22.1 Å². The third kappa shape index (κ3) is 16.5. The Morgan fingerprint density at radius 1 is 1.04 bits per heavy atom. The van der Waals surface area contributed by atoms with Gasteiger partial charge in [0.2, 0.25) is 23.6 Å². The number of hydrogen-bond donors (Lipinski definition) is 5. The van der Waals surface area contributed by atoms with E-state index in [1.54, 1.807) is 12.1 Å². The number of carbonyl (C=O) groups is 5. The molecule has 13 nitrogen and oxygen atoms in total. The standard InChI is InChI=1S/C32H51N5O7S.ClH.H2O/c1-44-29(40)11-7-4-8-17-37(27(30(34)41)20-22-9-5-3-6-10-22)28(39)21-35-32(43)26(16-18-45-2)36-31(42)25(33)19-23-12-14-24(38)15-13-23;;/h12-15,22,25-27,38H,3-11,16-21,33H2,1-2H3,(H2,34,41)(H,35,43)(H,36,42);1H;1H2/t25-,26+,27-;;/m0../s1. The monoisotopic (exact) mass is 703 g/mol. The van der Waals surface area contributed by atoms with E-state index in [9.17, 15) is 29.1 Å². The normalized spacial score (nSPS) is 14.7. The molecule has 0 aromatic heterocycles. The van der Waals surface area contributed by atoms with Gasteiger partial charge in [0.15, 0.2) is 0 Å². The molecule has 1 aromatic rings. The van der Waals surface area contributed by atoms with Gasteiger partial charge in [0.25, 0.3) is 0 Å². The fourth-order valence-corrected chi connectivity index (χ4v) is 6.04. The van der Waals surface area contributed by atoms with Crippen molar-refractivity contribution in [1.29, 1.82) is 0 Å². The summed E-state index contributed by atoms with van der Waals surface area (Å²) in [6, 6.07) is 3.72. The maximum atomic E-state index is 13.5. The number of hydrogen-bond acceptors (Lipinski definition) is 9. The number of rotatable bonds is 20. The number of phenols is 1. The van der Waals surface area contributed by atoms with Gasteiger partial charge in [-0.1, -0.05) is 50.7 Å². The fourth-order valence-electron chi connectivity index (χ4n) is 5.57. The maximum absolute atomic E-state index is 13.5. The van der Waals surface area contributed by atoms with Crippen molar-refractivity contribution in [1.82, 2.24) is 15.5 Å². The number of nitrogens with two attached hydrogens (primary N) is 2. The number of unbranched alkanes of at least 4 members (excludes halogenated alkanes) is 2. The van der Waals surface area contributed by atoms with E-state index in [1.165, 1.54) is 35.9 Å². The Morgan fingerprint density at radius 2 is 1.70 bits per heavy atom. The van der Waals surface area contributed by atoms with Crippen molar-refractivity contribution in [2.45, 2.75) is 95.2 Å². The van der Waals surface area contributed by atoms with Crippen LogP contribution in [0.5, 0.6) is 5.75 Å². The lowest BCUT2D eigenvalue weighted by Crippen LogP contribution is -2.55. The molecular weight excluding hydrogens is 650 g/mol. The lowest BCUT2D eigenvalue weighted by Gasteiger charge is -2.33. The number of benzene rings is 1. The van der Waals surface area contributed by atoms with Crippen molar-refractivity contribution in [2.24, 2.45) is 17.4 Å². The highest BCUT2D eigenvalue weighted by atomic mass is 35.5. The van der Waals surface area contributed by atoms with Crippen LogP contribution in [-0.2, 0) is 35.1 Å². The first-order valence-electron chi connectivity index (χ1n) is 15.8. The van der Waals surface area contributed by atoms with Gasteiger partial charge in [-0.25, -0.2) is 0 Å².